The van der Waals surface area contributed by atoms with E-state index in [4.69, 9.17) is 0 Å². The molecule has 4 nitrogen and oxygen atoms in total. The van der Waals surface area contributed by atoms with Crippen LogP contribution in [0.5, 0.6) is 0 Å². The van der Waals surface area contributed by atoms with Crippen molar-refractivity contribution in [3.63, 3.8) is 0 Å². The number of anilines is 1. The molecule has 2 aromatic heterocycles. The van der Waals surface area contributed by atoms with Gasteiger partial charge in [-0.25, -0.2) is 4.98 Å². The van der Waals surface area contributed by atoms with Gasteiger partial charge in [-0.15, -0.1) is 11.3 Å². The summed E-state index contributed by atoms with van der Waals surface area (Å²) in [7, 11) is 0. The molecule has 0 unspecified atom stereocenters. The average Bonchev–Trinajstić information content (AvgIpc) is 3.11. The number of halogens is 1. The van der Waals surface area contributed by atoms with Crippen LogP contribution >= 0.6 is 27.3 Å². The topological polar surface area (TPSA) is 46.9 Å². The minimum absolute atomic E-state index is 0.0179. The van der Waals surface area contributed by atoms with E-state index in [-0.39, 0.29) is 5.56 Å². The maximum Gasteiger partial charge on any atom is 0.293 e. The fourth-order valence-corrected chi connectivity index (χ4v) is 3.19. The molecule has 0 amide bonds. The molecule has 0 atom stereocenters. The van der Waals surface area contributed by atoms with Gasteiger partial charge in [-0.2, -0.15) is 0 Å². The van der Waals surface area contributed by atoms with Gasteiger partial charge in [0.05, 0.1) is 6.54 Å². The average molecular weight is 326 g/mol. The molecular formula is C12H12BrN3OS. The normalized spacial score (nSPS) is 14.7. The second-order valence-electron chi connectivity index (χ2n) is 4.30. The van der Waals surface area contributed by atoms with Gasteiger partial charge in [0.15, 0.2) is 5.82 Å². The van der Waals surface area contributed by atoms with Crippen molar-refractivity contribution in [2.24, 2.45) is 0 Å². The Morgan fingerprint density at radius 1 is 1.56 bits per heavy atom. The highest BCUT2D eigenvalue weighted by Crippen LogP contribution is 2.33. The van der Waals surface area contributed by atoms with Gasteiger partial charge in [0, 0.05) is 33.2 Å². The predicted molar refractivity (Wildman–Crippen MR) is 76.1 cm³/mol. The Labute approximate surface area is 117 Å². The van der Waals surface area contributed by atoms with Crippen LogP contribution in [0.25, 0.3) is 0 Å². The molecule has 0 saturated heterocycles. The summed E-state index contributed by atoms with van der Waals surface area (Å²) >= 11 is 5.06. The molecule has 3 rings (SSSR count). The Balaban J connectivity index is 1.76. The number of rotatable bonds is 4. The van der Waals surface area contributed by atoms with Crippen molar-refractivity contribution in [3.8, 4) is 0 Å². The summed E-state index contributed by atoms with van der Waals surface area (Å²) in [5.41, 5.74) is -0.0179. The Hall–Kier alpha value is -1.14. The van der Waals surface area contributed by atoms with Crippen LogP contribution in [-0.2, 0) is 6.54 Å². The molecule has 0 aliphatic heterocycles. The number of aromatic nitrogens is 2. The summed E-state index contributed by atoms with van der Waals surface area (Å²) in [6, 6.07) is 2.43. The van der Waals surface area contributed by atoms with Crippen LogP contribution in [0, 0.1) is 0 Å². The van der Waals surface area contributed by atoms with E-state index >= 15 is 0 Å². The lowest BCUT2D eigenvalue weighted by Crippen LogP contribution is -2.23. The van der Waals surface area contributed by atoms with E-state index in [9.17, 15) is 4.79 Å². The number of nitrogens with one attached hydrogen (secondary N) is 1. The van der Waals surface area contributed by atoms with Gasteiger partial charge in [-0.05, 0) is 34.8 Å². The SMILES string of the molecule is O=c1c(NCc2cc(Br)cs2)nccn1C1CC1. The van der Waals surface area contributed by atoms with E-state index in [0.29, 0.717) is 18.4 Å². The first-order valence-electron chi connectivity index (χ1n) is 5.78. The summed E-state index contributed by atoms with van der Waals surface area (Å²) in [5, 5.41) is 5.14. The first kappa shape index (κ1) is 11.9. The molecule has 1 aliphatic rings. The fourth-order valence-electron chi connectivity index (χ4n) is 1.80. The third kappa shape index (κ3) is 2.49. The molecule has 0 aromatic carbocycles. The Morgan fingerprint density at radius 3 is 3.06 bits per heavy atom. The zero-order valence-electron chi connectivity index (χ0n) is 9.60. The molecule has 0 radical (unpaired) electrons. The van der Waals surface area contributed by atoms with Gasteiger partial charge in [-0.1, -0.05) is 0 Å². The van der Waals surface area contributed by atoms with Gasteiger partial charge in [0.1, 0.15) is 0 Å². The second kappa shape index (κ2) is 4.85. The molecule has 2 heterocycles. The van der Waals surface area contributed by atoms with E-state index in [1.807, 2.05) is 11.4 Å². The first-order chi connectivity index (χ1) is 8.74. The molecule has 1 aliphatic carbocycles. The van der Waals surface area contributed by atoms with Gasteiger partial charge in [0.2, 0.25) is 0 Å². The monoisotopic (exact) mass is 325 g/mol. The summed E-state index contributed by atoms with van der Waals surface area (Å²) < 4.78 is 2.85. The van der Waals surface area contributed by atoms with Gasteiger partial charge < -0.3 is 9.88 Å². The third-order valence-electron chi connectivity index (χ3n) is 2.86. The Kier molecular flexibility index (Phi) is 3.22. The van der Waals surface area contributed by atoms with Gasteiger partial charge >= 0.3 is 0 Å². The Morgan fingerprint density at radius 2 is 2.39 bits per heavy atom. The van der Waals surface area contributed by atoms with Crippen LogP contribution in [0.4, 0.5) is 5.82 Å². The van der Waals surface area contributed by atoms with Crippen LogP contribution in [-0.4, -0.2) is 9.55 Å². The lowest BCUT2D eigenvalue weighted by Gasteiger charge is -2.07. The zero-order valence-corrected chi connectivity index (χ0v) is 12.0. The van der Waals surface area contributed by atoms with E-state index in [0.717, 1.165) is 17.3 Å². The minimum atomic E-state index is -0.0179. The van der Waals surface area contributed by atoms with Crippen LogP contribution in [0.15, 0.2) is 33.1 Å². The van der Waals surface area contributed by atoms with E-state index < -0.39 is 0 Å². The number of hydrogen-bond donors (Lipinski definition) is 1. The second-order valence-corrected chi connectivity index (χ2v) is 6.22. The highest BCUT2D eigenvalue weighted by molar-refractivity contribution is 9.10. The molecular weight excluding hydrogens is 314 g/mol. The van der Waals surface area contributed by atoms with Crippen molar-refractivity contribution in [1.82, 2.24) is 9.55 Å². The minimum Gasteiger partial charge on any atom is -0.361 e. The predicted octanol–water partition coefficient (Wildman–Crippen LogP) is 3.01. The van der Waals surface area contributed by atoms with E-state index in [1.165, 1.54) is 4.88 Å². The van der Waals surface area contributed by atoms with Crippen molar-refractivity contribution in [1.29, 1.82) is 0 Å². The van der Waals surface area contributed by atoms with E-state index in [1.54, 1.807) is 28.3 Å². The quantitative estimate of drug-likeness (QED) is 0.939. The molecule has 2 aromatic rings. The molecule has 1 saturated carbocycles. The smallest absolute Gasteiger partial charge is 0.293 e. The third-order valence-corrected chi connectivity index (χ3v) is 4.56. The summed E-state index contributed by atoms with van der Waals surface area (Å²) in [5.74, 6) is 0.439. The highest BCUT2D eigenvalue weighted by atomic mass is 79.9. The van der Waals surface area contributed by atoms with Crippen molar-refractivity contribution in [3.05, 3.63) is 43.5 Å². The number of hydrogen-bond acceptors (Lipinski definition) is 4. The zero-order chi connectivity index (χ0) is 12.5. The van der Waals surface area contributed by atoms with Gasteiger partial charge in [-0.3, -0.25) is 4.79 Å². The molecule has 1 fully saturated rings. The molecule has 94 valence electrons. The van der Waals surface area contributed by atoms with Crippen LogP contribution < -0.4 is 10.9 Å². The fraction of sp³-hybridized carbons (Fsp3) is 0.333. The van der Waals surface area contributed by atoms with Crippen molar-refractivity contribution < 1.29 is 0 Å². The molecule has 1 N–H and O–H groups in total. The number of thiophene rings is 1. The molecule has 0 spiro atoms. The van der Waals surface area contributed by atoms with Crippen molar-refractivity contribution >= 4 is 33.1 Å². The maximum atomic E-state index is 12.1. The molecule has 18 heavy (non-hydrogen) atoms. The number of nitrogens with zero attached hydrogens (tertiary/aromatic N) is 2. The van der Waals surface area contributed by atoms with Crippen LogP contribution in [0.1, 0.15) is 23.8 Å². The largest absolute Gasteiger partial charge is 0.361 e. The highest BCUT2D eigenvalue weighted by Gasteiger charge is 2.25. The van der Waals surface area contributed by atoms with Crippen LogP contribution in [0.2, 0.25) is 0 Å². The lowest BCUT2D eigenvalue weighted by molar-refractivity contribution is 0.699. The Bertz CT molecular complexity index is 618. The standard InChI is InChI=1S/C12H12BrN3OS/c13-8-5-10(18-7-8)6-15-11-12(17)16(4-3-14-11)9-1-2-9/h3-5,7,9H,1-2,6H2,(H,14,15). The molecule has 0 bridgehead atoms. The molecule has 6 heteroatoms. The van der Waals surface area contributed by atoms with Crippen molar-refractivity contribution in [2.45, 2.75) is 25.4 Å². The lowest BCUT2D eigenvalue weighted by atomic mass is 10.4. The van der Waals surface area contributed by atoms with Crippen LogP contribution in [0.3, 0.4) is 0 Å². The van der Waals surface area contributed by atoms with Gasteiger partial charge in [0.25, 0.3) is 5.56 Å². The first-order valence-corrected chi connectivity index (χ1v) is 7.45. The summed E-state index contributed by atoms with van der Waals surface area (Å²) in [6.07, 6.45) is 5.65. The van der Waals surface area contributed by atoms with Crippen molar-refractivity contribution in [2.75, 3.05) is 5.32 Å². The maximum absolute atomic E-state index is 12.1. The summed E-state index contributed by atoms with van der Waals surface area (Å²) in [6.45, 7) is 0.632. The van der Waals surface area contributed by atoms with E-state index in [2.05, 4.69) is 26.2 Å². The summed E-state index contributed by atoms with van der Waals surface area (Å²) in [4.78, 5) is 17.4.